The van der Waals surface area contributed by atoms with Crippen LogP contribution >= 0.6 is 0 Å². The van der Waals surface area contributed by atoms with E-state index in [-0.39, 0.29) is 24.0 Å². The summed E-state index contributed by atoms with van der Waals surface area (Å²) in [5.41, 5.74) is 6.74. The first-order chi connectivity index (χ1) is 9.18. The van der Waals surface area contributed by atoms with Crippen molar-refractivity contribution in [3.8, 4) is 0 Å². The Kier molecular flexibility index (Phi) is 4.93. The normalized spacial score (nSPS) is 24.7. The van der Waals surface area contributed by atoms with Crippen LogP contribution in [-0.2, 0) is 9.53 Å². The van der Waals surface area contributed by atoms with Crippen molar-refractivity contribution < 1.29 is 9.53 Å². The zero-order valence-corrected chi connectivity index (χ0v) is 11.3. The molecule has 1 heterocycles. The molecular formula is C15H22N2O2. The molecule has 2 rings (SSSR count). The maximum atomic E-state index is 12.2. The number of carbonyl (C=O) groups is 1. The van der Waals surface area contributed by atoms with Crippen LogP contribution in [0, 0.1) is 5.92 Å². The van der Waals surface area contributed by atoms with Gasteiger partial charge in [-0.2, -0.15) is 0 Å². The lowest BCUT2D eigenvalue weighted by Crippen LogP contribution is -2.42. The Labute approximate surface area is 114 Å². The molecule has 0 radical (unpaired) electrons. The van der Waals surface area contributed by atoms with Crippen molar-refractivity contribution in [2.45, 2.75) is 31.9 Å². The van der Waals surface area contributed by atoms with E-state index in [9.17, 15) is 4.79 Å². The van der Waals surface area contributed by atoms with Gasteiger partial charge in [-0.25, -0.2) is 0 Å². The standard InChI is InChI=1S/C15H22N2O2/c1-11(16)10-17-15(18)13-8-5-9-19-14(13)12-6-3-2-4-7-12/h2-4,6-7,11,13-14H,5,8-10,16H2,1H3,(H,17,18). The van der Waals surface area contributed by atoms with Crippen LogP contribution in [0.2, 0.25) is 0 Å². The highest BCUT2D eigenvalue weighted by Crippen LogP contribution is 2.33. The molecule has 104 valence electrons. The van der Waals surface area contributed by atoms with Crippen molar-refractivity contribution in [1.82, 2.24) is 5.32 Å². The minimum Gasteiger partial charge on any atom is -0.373 e. The number of nitrogens with one attached hydrogen (secondary N) is 1. The number of hydrogen-bond donors (Lipinski definition) is 2. The van der Waals surface area contributed by atoms with Crippen LogP contribution in [0.1, 0.15) is 31.4 Å². The third kappa shape index (κ3) is 3.78. The number of nitrogens with two attached hydrogens (primary N) is 1. The fourth-order valence-corrected chi connectivity index (χ4v) is 2.41. The zero-order chi connectivity index (χ0) is 13.7. The highest BCUT2D eigenvalue weighted by Gasteiger charge is 2.32. The van der Waals surface area contributed by atoms with Gasteiger partial charge in [0.1, 0.15) is 0 Å². The van der Waals surface area contributed by atoms with Crippen LogP contribution in [0.15, 0.2) is 30.3 Å². The molecule has 1 saturated heterocycles. The summed E-state index contributed by atoms with van der Waals surface area (Å²) in [6.07, 6.45) is 1.66. The summed E-state index contributed by atoms with van der Waals surface area (Å²) in [5.74, 6) is -0.0687. The third-order valence-corrected chi connectivity index (χ3v) is 3.39. The number of amides is 1. The van der Waals surface area contributed by atoms with Crippen LogP contribution in [-0.4, -0.2) is 25.1 Å². The van der Waals surface area contributed by atoms with Gasteiger partial charge in [-0.3, -0.25) is 4.79 Å². The molecule has 0 spiro atoms. The molecule has 4 nitrogen and oxygen atoms in total. The van der Waals surface area contributed by atoms with Crippen LogP contribution < -0.4 is 11.1 Å². The maximum Gasteiger partial charge on any atom is 0.226 e. The Balaban J connectivity index is 2.06. The molecule has 0 aliphatic carbocycles. The fraction of sp³-hybridized carbons (Fsp3) is 0.533. The highest BCUT2D eigenvalue weighted by molar-refractivity contribution is 5.79. The summed E-state index contributed by atoms with van der Waals surface area (Å²) >= 11 is 0. The van der Waals surface area contributed by atoms with Crippen LogP contribution in [0.4, 0.5) is 0 Å². The lowest BCUT2D eigenvalue weighted by Gasteiger charge is -2.31. The van der Waals surface area contributed by atoms with E-state index in [0.29, 0.717) is 6.54 Å². The molecule has 0 aromatic heterocycles. The highest BCUT2D eigenvalue weighted by atomic mass is 16.5. The summed E-state index contributed by atoms with van der Waals surface area (Å²) in [4.78, 5) is 12.2. The van der Waals surface area contributed by atoms with Crippen molar-refractivity contribution in [3.05, 3.63) is 35.9 Å². The predicted octanol–water partition coefficient (Wildman–Crippen LogP) is 1.62. The predicted molar refractivity (Wildman–Crippen MR) is 74.5 cm³/mol. The van der Waals surface area contributed by atoms with Gasteiger partial charge in [-0.05, 0) is 25.3 Å². The molecule has 1 aliphatic rings. The number of carbonyl (C=O) groups excluding carboxylic acids is 1. The molecule has 1 aliphatic heterocycles. The Morgan fingerprint density at radius 1 is 1.47 bits per heavy atom. The van der Waals surface area contributed by atoms with Gasteiger partial charge in [0.2, 0.25) is 5.91 Å². The summed E-state index contributed by atoms with van der Waals surface area (Å²) < 4.78 is 5.81. The lowest BCUT2D eigenvalue weighted by molar-refractivity contribution is -0.134. The van der Waals surface area contributed by atoms with Crippen molar-refractivity contribution in [2.24, 2.45) is 11.7 Å². The van der Waals surface area contributed by atoms with Crippen molar-refractivity contribution in [2.75, 3.05) is 13.2 Å². The maximum absolute atomic E-state index is 12.2. The van der Waals surface area contributed by atoms with Crippen LogP contribution in [0.3, 0.4) is 0 Å². The first kappa shape index (κ1) is 14.0. The van der Waals surface area contributed by atoms with Gasteiger partial charge in [-0.15, -0.1) is 0 Å². The number of ether oxygens (including phenoxy) is 1. The second-order valence-corrected chi connectivity index (χ2v) is 5.17. The average molecular weight is 262 g/mol. The van der Waals surface area contributed by atoms with Crippen molar-refractivity contribution in [3.63, 3.8) is 0 Å². The molecular weight excluding hydrogens is 240 g/mol. The topological polar surface area (TPSA) is 64.3 Å². The molecule has 0 bridgehead atoms. The first-order valence-corrected chi connectivity index (χ1v) is 6.88. The van der Waals surface area contributed by atoms with Gasteiger partial charge in [-0.1, -0.05) is 30.3 Å². The molecule has 1 amide bonds. The molecule has 3 N–H and O–H groups in total. The number of benzene rings is 1. The summed E-state index contributed by atoms with van der Waals surface area (Å²) in [7, 11) is 0. The Morgan fingerprint density at radius 2 is 2.21 bits per heavy atom. The Bertz CT molecular complexity index is 406. The molecule has 0 saturated carbocycles. The summed E-state index contributed by atoms with van der Waals surface area (Å²) in [6.45, 7) is 3.11. The molecule has 1 aromatic rings. The quantitative estimate of drug-likeness (QED) is 0.866. The minimum atomic E-state index is -0.136. The van der Waals surface area contributed by atoms with Gasteiger partial charge in [0.25, 0.3) is 0 Å². The minimum absolute atomic E-state index is 0.0244. The first-order valence-electron chi connectivity index (χ1n) is 6.88. The largest absolute Gasteiger partial charge is 0.373 e. The molecule has 1 aromatic carbocycles. The second-order valence-electron chi connectivity index (χ2n) is 5.17. The van der Waals surface area contributed by atoms with Gasteiger partial charge >= 0.3 is 0 Å². The van der Waals surface area contributed by atoms with E-state index in [4.69, 9.17) is 10.5 Å². The molecule has 19 heavy (non-hydrogen) atoms. The van der Waals surface area contributed by atoms with E-state index in [1.807, 2.05) is 37.3 Å². The van der Waals surface area contributed by atoms with Crippen LogP contribution in [0.25, 0.3) is 0 Å². The van der Waals surface area contributed by atoms with Crippen LogP contribution in [0.5, 0.6) is 0 Å². The third-order valence-electron chi connectivity index (χ3n) is 3.39. The SMILES string of the molecule is CC(N)CNC(=O)C1CCCOC1c1ccccc1. The number of hydrogen-bond acceptors (Lipinski definition) is 3. The monoisotopic (exact) mass is 262 g/mol. The Morgan fingerprint density at radius 3 is 2.89 bits per heavy atom. The van der Waals surface area contributed by atoms with Gasteiger partial charge in [0.05, 0.1) is 12.0 Å². The second kappa shape index (κ2) is 6.68. The van der Waals surface area contributed by atoms with Gasteiger partial charge in [0.15, 0.2) is 0 Å². The van der Waals surface area contributed by atoms with E-state index >= 15 is 0 Å². The average Bonchev–Trinajstić information content (AvgIpc) is 2.45. The molecule has 1 fully saturated rings. The van der Waals surface area contributed by atoms with Crippen molar-refractivity contribution >= 4 is 5.91 Å². The Hall–Kier alpha value is -1.39. The van der Waals surface area contributed by atoms with Crippen molar-refractivity contribution in [1.29, 1.82) is 0 Å². The summed E-state index contributed by atoms with van der Waals surface area (Å²) in [5, 5.41) is 2.91. The molecule has 3 unspecified atom stereocenters. The number of rotatable bonds is 4. The van der Waals surface area contributed by atoms with E-state index < -0.39 is 0 Å². The molecule has 4 heteroatoms. The van der Waals surface area contributed by atoms with E-state index in [1.165, 1.54) is 0 Å². The van der Waals surface area contributed by atoms with Gasteiger partial charge in [0, 0.05) is 19.2 Å². The molecule has 3 atom stereocenters. The smallest absolute Gasteiger partial charge is 0.226 e. The van der Waals surface area contributed by atoms with Gasteiger partial charge < -0.3 is 15.8 Å². The lowest BCUT2D eigenvalue weighted by atomic mass is 9.88. The summed E-state index contributed by atoms with van der Waals surface area (Å²) in [6, 6.07) is 9.93. The fourth-order valence-electron chi connectivity index (χ4n) is 2.41. The van der Waals surface area contributed by atoms with E-state index in [0.717, 1.165) is 25.0 Å². The van der Waals surface area contributed by atoms with E-state index in [2.05, 4.69) is 5.32 Å². The van der Waals surface area contributed by atoms with E-state index in [1.54, 1.807) is 0 Å². The zero-order valence-electron chi connectivity index (χ0n) is 11.3.